The first-order chi connectivity index (χ1) is 11.5. The van der Waals surface area contributed by atoms with Crippen LogP contribution in [0.2, 0.25) is 0 Å². The molecule has 0 bridgehead atoms. The number of carbonyl (C=O) groups is 2. The quantitative estimate of drug-likeness (QED) is 0.768. The predicted molar refractivity (Wildman–Crippen MR) is 98.2 cm³/mol. The van der Waals surface area contributed by atoms with Gasteiger partial charge < -0.3 is 9.80 Å². The highest BCUT2D eigenvalue weighted by Gasteiger charge is 2.37. The zero-order valence-electron chi connectivity index (χ0n) is 15.5. The Labute approximate surface area is 145 Å². The van der Waals surface area contributed by atoms with Crippen molar-refractivity contribution in [2.24, 2.45) is 5.92 Å². The summed E-state index contributed by atoms with van der Waals surface area (Å²) in [6.07, 6.45) is 4.18. The fraction of sp³-hybridized carbons (Fsp3) is 0.600. The normalized spacial score (nSPS) is 17.4. The molecule has 1 atom stereocenters. The van der Waals surface area contributed by atoms with Gasteiger partial charge in [-0.1, -0.05) is 45.4 Å². The van der Waals surface area contributed by atoms with Crippen LogP contribution in [0.25, 0.3) is 0 Å². The second kappa shape index (κ2) is 8.32. The molecular formula is C20H30N2O2. The maximum Gasteiger partial charge on any atom is 0.227 e. The highest BCUT2D eigenvalue weighted by atomic mass is 16.2. The molecule has 0 N–H and O–H groups in total. The minimum Gasteiger partial charge on any atom is -0.345 e. The van der Waals surface area contributed by atoms with Gasteiger partial charge in [-0.25, -0.2) is 0 Å². The van der Waals surface area contributed by atoms with Crippen LogP contribution in [0.3, 0.4) is 0 Å². The Morgan fingerprint density at radius 2 is 1.83 bits per heavy atom. The van der Waals surface area contributed by atoms with Crippen LogP contribution in [0.1, 0.15) is 51.2 Å². The van der Waals surface area contributed by atoms with Gasteiger partial charge in [0.1, 0.15) is 0 Å². The van der Waals surface area contributed by atoms with Gasteiger partial charge in [-0.05, 0) is 30.4 Å². The lowest BCUT2D eigenvalue weighted by atomic mass is 10.0. The standard InChI is InChI=1S/C20H30N2O2/c1-5-8-12-21(4)20(24)17-13-18(23)22(14-17)19-15(6-2)10-9-11-16(19)7-3/h9-11,17H,5-8,12-14H2,1-4H3. The number of benzene rings is 1. The Kier molecular flexibility index (Phi) is 6.41. The Balaban J connectivity index is 2.20. The van der Waals surface area contributed by atoms with Gasteiger partial charge in [0.25, 0.3) is 0 Å². The number of hydrogen-bond acceptors (Lipinski definition) is 2. The lowest BCUT2D eigenvalue weighted by molar-refractivity contribution is -0.134. The van der Waals surface area contributed by atoms with E-state index in [4.69, 9.17) is 0 Å². The summed E-state index contributed by atoms with van der Waals surface area (Å²) in [4.78, 5) is 28.9. The third-order valence-corrected chi connectivity index (χ3v) is 4.93. The van der Waals surface area contributed by atoms with Crippen LogP contribution in [0.15, 0.2) is 18.2 Å². The number of amides is 2. The number of nitrogens with zero attached hydrogens (tertiary/aromatic N) is 2. The van der Waals surface area contributed by atoms with Gasteiger partial charge in [0.15, 0.2) is 0 Å². The first-order valence-corrected chi connectivity index (χ1v) is 9.19. The molecule has 0 aliphatic carbocycles. The summed E-state index contributed by atoms with van der Waals surface area (Å²) >= 11 is 0. The summed E-state index contributed by atoms with van der Waals surface area (Å²) in [5.74, 6) is -0.0341. The summed E-state index contributed by atoms with van der Waals surface area (Å²) < 4.78 is 0. The third-order valence-electron chi connectivity index (χ3n) is 4.93. The maximum atomic E-state index is 12.6. The van der Waals surface area contributed by atoms with E-state index in [0.717, 1.165) is 37.9 Å². The molecule has 1 unspecified atom stereocenters. The van der Waals surface area contributed by atoms with Gasteiger partial charge in [-0.3, -0.25) is 9.59 Å². The van der Waals surface area contributed by atoms with Crippen LogP contribution < -0.4 is 4.90 Å². The van der Waals surface area contributed by atoms with E-state index in [0.29, 0.717) is 13.0 Å². The summed E-state index contributed by atoms with van der Waals surface area (Å²) in [5.41, 5.74) is 3.42. The van der Waals surface area contributed by atoms with Crippen molar-refractivity contribution < 1.29 is 9.59 Å². The number of para-hydroxylation sites is 1. The molecule has 0 saturated carbocycles. The zero-order chi connectivity index (χ0) is 17.7. The monoisotopic (exact) mass is 330 g/mol. The van der Waals surface area contributed by atoms with Gasteiger partial charge in [-0.15, -0.1) is 0 Å². The highest BCUT2D eigenvalue weighted by Crippen LogP contribution is 2.32. The molecule has 0 radical (unpaired) electrons. The number of aryl methyl sites for hydroxylation is 2. The molecule has 2 amide bonds. The van der Waals surface area contributed by atoms with Gasteiger partial charge >= 0.3 is 0 Å². The summed E-state index contributed by atoms with van der Waals surface area (Å²) in [6.45, 7) is 7.62. The lowest BCUT2D eigenvalue weighted by Gasteiger charge is -2.24. The number of rotatable bonds is 7. The predicted octanol–water partition coefficient (Wildman–Crippen LogP) is 3.42. The molecule has 1 heterocycles. The molecule has 2 rings (SSSR count). The van der Waals surface area contributed by atoms with Crippen molar-refractivity contribution in [3.63, 3.8) is 0 Å². The number of unbranched alkanes of at least 4 members (excludes halogenated alkanes) is 1. The number of hydrogen-bond donors (Lipinski definition) is 0. The van der Waals surface area contributed by atoms with Crippen molar-refractivity contribution in [1.29, 1.82) is 0 Å². The van der Waals surface area contributed by atoms with Crippen molar-refractivity contribution in [2.45, 2.75) is 52.9 Å². The van der Waals surface area contributed by atoms with Crippen molar-refractivity contribution >= 4 is 17.5 Å². The smallest absolute Gasteiger partial charge is 0.227 e. The molecule has 4 nitrogen and oxygen atoms in total. The van der Waals surface area contributed by atoms with E-state index in [1.807, 2.05) is 11.9 Å². The molecule has 1 aromatic carbocycles. The topological polar surface area (TPSA) is 40.6 Å². The van der Waals surface area contributed by atoms with E-state index in [1.165, 1.54) is 11.1 Å². The highest BCUT2D eigenvalue weighted by molar-refractivity contribution is 6.01. The van der Waals surface area contributed by atoms with Crippen LogP contribution in [0, 0.1) is 5.92 Å². The molecule has 0 aromatic heterocycles. The second-order valence-electron chi connectivity index (χ2n) is 6.65. The van der Waals surface area contributed by atoms with E-state index in [2.05, 4.69) is 39.0 Å². The van der Waals surface area contributed by atoms with Crippen molar-refractivity contribution in [1.82, 2.24) is 4.90 Å². The molecule has 1 aliphatic heterocycles. The summed E-state index contributed by atoms with van der Waals surface area (Å²) in [7, 11) is 1.85. The fourth-order valence-electron chi connectivity index (χ4n) is 3.47. The SMILES string of the molecule is CCCCN(C)C(=O)C1CC(=O)N(c2c(CC)cccc2CC)C1. The van der Waals surface area contributed by atoms with E-state index in [9.17, 15) is 9.59 Å². The Morgan fingerprint density at radius 1 is 1.21 bits per heavy atom. The van der Waals surface area contributed by atoms with Crippen LogP contribution in [-0.4, -0.2) is 36.9 Å². The summed E-state index contributed by atoms with van der Waals surface area (Å²) in [5, 5.41) is 0. The van der Waals surface area contributed by atoms with Gasteiger partial charge in [0, 0.05) is 32.2 Å². The molecule has 132 valence electrons. The largest absolute Gasteiger partial charge is 0.345 e. The Hall–Kier alpha value is -1.84. The minimum atomic E-state index is -0.214. The van der Waals surface area contributed by atoms with Gasteiger partial charge in [0.05, 0.1) is 5.92 Å². The average molecular weight is 330 g/mol. The third kappa shape index (κ3) is 3.80. The van der Waals surface area contributed by atoms with E-state index >= 15 is 0 Å². The summed E-state index contributed by atoms with van der Waals surface area (Å²) in [6, 6.07) is 6.23. The number of carbonyl (C=O) groups excluding carboxylic acids is 2. The Morgan fingerprint density at radius 3 is 2.38 bits per heavy atom. The van der Waals surface area contributed by atoms with Crippen LogP contribution in [0.4, 0.5) is 5.69 Å². The first kappa shape index (κ1) is 18.5. The molecule has 1 aliphatic rings. The molecule has 4 heteroatoms. The number of anilines is 1. The fourth-order valence-corrected chi connectivity index (χ4v) is 3.47. The van der Waals surface area contributed by atoms with Gasteiger partial charge in [0.2, 0.25) is 11.8 Å². The molecular weight excluding hydrogens is 300 g/mol. The van der Waals surface area contributed by atoms with Crippen molar-refractivity contribution in [3.05, 3.63) is 29.3 Å². The van der Waals surface area contributed by atoms with Crippen molar-refractivity contribution in [2.75, 3.05) is 25.0 Å². The average Bonchev–Trinajstić information content (AvgIpc) is 2.99. The molecule has 1 aromatic rings. The molecule has 24 heavy (non-hydrogen) atoms. The zero-order valence-corrected chi connectivity index (χ0v) is 15.5. The lowest BCUT2D eigenvalue weighted by Crippen LogP contribution is -2.35. The molecule has 1 fully saturated rings. The minimum absolute atomic E-state index is 0.0767. The van der Waals surface area contributed by atoms with E-state index in [1.54, 1.807) is 4.90 Å². The second-order valence-corrected chi connectivity index (χ2v) is 6.65. The van der Waals surface area contributed by atoms with Crippen LogP contribution >= 0.6 is 0 Å². The van der Waals surface area contributed by atoms with E-state index in [-0.39, 0.29) is 17.7 Å². The van der Waals surface area contributed by atoms with E-state index < -0.39 is 0 Å². The molecule has 0 spiro atoms. The molecule has 1 saturated heterocycles. The van der Waals surface area contributed by atoms with Gasteiger partial charge in [-0.2, -0.15) is 0 Å². The maximum absolute atomic E-state index is 12.6. The van der Waals surface area contributed by atoms with Crippen molar-refractivity contribution in [3.8, 4) is 0 Å². The van der Waals surface area contributed by atoms with Crippen LogP contribution in [0.5, 0.6) is 0 Å². The Bertz CT molecular complexity index is 575. The van der Waals surface area contributed by atoms with Crippen LogP contribution in [-0.2, 0) is 22.4 Å². The first-order valence-electron chi connectivity index (χ1n) is 9.19.